The quantitative estimate of drug-likeness (QED) is 0.199. The second kappa shape index (κ2) is 10.1. The van der Waals surface area contributed by atoms with Gasteiger partial charge >= 0.3 is 0 Å². The van der Waals surface area contributed by atoms with Gasteiger partial charge in [-0.05, 0) is 36.5 Å². The Hall–Kier alpha value is -3.74. The van der Waals surface area contributed by atoms with E-state index in [0.29, 0.717) is 18.9 Å². The van der Waals surface area contributed by atoms with Crippen LogP contribution in [0.3, 0.4) is 0 Å². The highest BCUT2D eigenvalue weighted by Gasteiger charge is 2.49. The van der Waals surface area contributed by atoms with Gasteiger partial charge in [-0.1, -0.05) is 74.5 Å². The number of hydrogen-bond donors (Lipinski definition) is 0. The lowest BCUT2D eigenvalue weighted by atomic mass is 9.78. The average Bonchev–Trinajstić information content (AvgIpc) is 3.27. The molecular formula is C30H32N5O3P. The first-order valence-electron chi connectivity index (χ1n) is 13.3. The SMILES string of the molecule is CC1(C)CC2=NN(c3ccccc3)[P@](=Nc3ccccc3[N+](=O)[O-])(c3ccccc3)C2=C(N2CCOCC2)C1. The van der Waals surface area contributed by atoms with Gasteiger partial charge in [0.15, 0.2) is 0 Å². The van der Waals surface area contributed by atoms with Crippen LogP contribution in [-0.2, 0) is 4.74 Å². The lowest BCUT2D eigenvalue weighted by molar-refractivity contribution is -0.384. The summed E-state index contributed by atoms with van der Waals surface area (Å²) in [6, 6.07) is 27.1. The zero-order chi connectivity index (χ0) is 27.0. The summed E-state index contributed by atoms with van der Waals surface area (Å²) in [5.74, 6) is 0. The van der Waals surface area contributed by atoms with Crippen LogP contribution in [0.1, 0.15) is 26.7 Å². The third-order valence-electron chi connectivity index (χ3n) is 7.47. The maximum absolute atomic E-state index is 12.1. The number of allylic oxidation sites excluding steroid dienone is 2. The number of nitrogens with zero attached hydrogens (tertiary/aromatic N) is 5. The van der Waals surface area contributed by atoms with Crippen LogP contribution in [0.15, 0.2) is 106 Å². The Morgan fingerprint density at radius 2 is 1.56 bits per heavy atom. The molecule has 1 fully saturated rings. The van der Waals surface area contributed by atoms with Crippen molar-refractivity contribution in [1.29, 1.82) is 0 Å². The molecule has 8 nitrogen and oxygen atoms in total. The van der Waals surface area contributed by atoms with E-state index in [1.165, 1.54) is 11.8 Å². The van der Waals surface area contributed by atoms with Crippen LogP contribution in [0.4, 0.5) is 17.1 Å². The Bertz CT molecular complexity index is 1510. The standard InChI is InChI=1S/C30H32N5O3P/c1-30(2)21-26-29(28(22-30)33-17-19-38-20-18-33)39(24-13-7-4-8-14-24,34(31-26)23-11-5-3-6-12-23)32-25-15-9-10-16-27(25)35(36)37/h3-16H,17-22H2,1-2H3/t39-/m1/s1. The van der Waals surface area contributed by atoms with E-state index in [1.807, 2.05) is 54.6 Å². The number of ether oxygens (including phenoxy) is 1. The number of nitro groups is 1. The van der Waals surface area contributed by atoms with E-state index in [1.54, 1.807) is 12.1 Å². The molecule has 0 radical (unpaired) electrons. The van der Waals surface area contributed by atoms with Crippen molar-refractivity contribution in [3.63, 3.8) is 0 Å². The molecule has 0 amide bonds. The number of fused-ring (bicyclic) bond motifs is 1. The zero-order valence-electron chi connectivity index (χ0n) is 22.2. The molecule has 1 atom stereocenters. The maximum Gasteiger partial charge on any atom is 0.294 e. The van der Waals surface area contributed by atoms with E-state index in [4.69, 9.17) is 14.6 Å². The molecule has 1 aliphatic carbocycles. The normalized spacial score (nSPS) is 22.4. The lowest BCUT2D eigenvalue weighted by Gasteiger charge is -2.42. The van der Waals surface area contributed by atoms with Crippen molar-refractivity contribution in [2.75, 3.05) is 31.1 Å². The third-order valence-corrected chi connectivity index (χ3v) is 11.0. The van der Waals surface area contributed by atoms with Gasteiger partial charge in [-0.2, -0.15) is 5.10 Å². The number of rotatable bonds is 5. The molecule has 3 aromatic rings. The molecule has 0 unspecified atom stereocenters. The third kappa shape index (κ3) is 4.58. The number of para-hydroxylation sites is 2. The molecule has 0 bridgehead atoms. The predicted octanol–water partition coefficient (Wildman–Crippen LogP) is 6.91. The molecule has 0 N–H and O–H groups in total. The monoisotopic (exact) mass is 541 g/mol. The van der Waals surface area contributed by atoms with Crippen molar-refractivity contribution in [3.8, 4) is 0 Å². The Morgan fingerprint density at radius 1 is 0.923 bits per heavy atom. The fourth-order valence-corrected chi connectivity index (χ4v) is 9.59. The zero-order valence-corrected chi connectivity index (χ0v) is 23.1. The van der Waals surface area contributed by atoms with Crippen LogP contribution in [-0.4, -0.2) is 41.8 Å². The van der Waals surface area contributed by atoms with Crippen molar-refractivity contribution in [3.05, 3.63) is 106 Å². The molecule has 0 aromatic heterocycles. The number of hydrazone groups is 1. The largest absolute Gasteiger partial charge is 0.378 e. The summed E-state index contributed by atoms with van der Waals surface area (Å²) in [4.78, 5) is 14.2. The lowest BCUT2D eigenvalue weighted by Crippen LogP contribution is -2.40. The molecular weight excluding hydrogens is 509 g/mol. The van der Waals surface area contributed by atoms with Gasteiger partial charge in [-0.3, -0.25) is 10.1 Å². The van der Waals surface area contributed by atoms with Crippen LogP contribution < -0.4 is 10.1 Å². The van der Waals surface area contributed by atoms with E-state index in [0.717, 1.165) is 47.9 Å². The molecule has 0 saturated carbocycles. The molecule has 3 aliphatic rings. The van der Waals surface area contributed by atoms with Gasteiger partial charge in [0.1, 0.15) is 12.9 Å². The van der Waals surface area contributed by atoms with Crippen LogP contribution in [0, 0.1) is 15.5 Å². The molecule has 1 saturated heterocycles. The average molecular weight is 542 g/mol. The minimum Gasteiger partial charge on any atom is -0.378 e. The van der Waals surface area contributed by atoms with Crippen LogP contribution >= 0.6 is 7.21 Å². The van der Waals surface area contributed by atoms with Gasteiger partial charge in [0.2, 0.25) is 0 Å². The van der Waals surface area contributed by atoms with Crippen LogP contribution in [0.25, 0.3) is 0 Å². The Balaban J connectivity index is 1.75. The second-order valence-corrected chi connectivity index (χ2v) is 13.6. The van der Waals surface area contributed by atoms with E-state index in [2.05, 4.69) is 35.7 Å². The predicted molar refractivity (Wildman–Crippen MR) is 157 cm³/mol. The summed E-state index contributed by atoms with van der Waals surface area (Å²) in [5, 5.41) is 19.6. The van der Waals surface area contributed by atoms with Crippen molar-refractivity contribution in [2.24, 2.45) is 15.3 Å². The summed E-state index contributed by atoms with van der Waals surface area (Å²) < 4.78 is 13.3. The molecule has 39 heavy (non-hydrogen) atoms. The van der Waals surface area contributed by atoms with E-state index in [-0.39, 0.29) is 16.0 Å². The maximum atomic E-state index is 12.1. The highest BCUT2D eigenvalue weighted by molar-refractivity contribution is 7.80. The summed E-state index contributed by atoms with van der Waals surface area (Å²) in [7, 11) is -2.88. The molecule has 2 heterocycles. The minimum atomic E-state index is -2.88. The number of anilines is 1. The molecule has 9 heteroatoms. The number of morpholine rings is 1. The Kier molecular flexibility index (Phi) is 6.61. The van der Waals surface area contributed by atoms with Crippen LogP contribution in [0.5, 0.6) is 0 Å². The number of hydrogen-bond acceptors (Lipinski definition) is 6. The Labute approximate surface area is 228 Å². The first kappa shape index (κ1) is 25.5. The highest BCUT2D eigenvalue weighted by Crippen LogP contribution is 2.70. The van der Waals surface area contributed by atoms with E-state index in [9.17, 15) is 10.1 Å². The molecule has 0 spiro atoms. The Morgan fingerprint density at radius 3 is 2.26 bits per heavy atom. The van der Waals surface area contributed by atoms with Gasteiger partial charge < -0.3 is 9.64 Å². The van der Waals surface area contributed by atoms with Gasteiger partial charge in [0.25, 0.3) is 5.69 Å². The smallest absolute Gasteiger partial charge is 0.294 e. The van der Waals surface area contributed by atoms with Gasteiger partial charge in [-0.25, -0.2) is 9.52 Å². The van der Waals surface area contributed by atoms with Gasteiger partial charge in [0.05, 0.1) is 34.9 Å². The van der Waals surface area contributed by atoms with E-state index < -0.39 is 7.21 Å². The van der Waals surface area contributed by atoms with Gasteiger partial charge in [-0.15, -0.1) is 0 Å². The summed E-state index contributed by atoms with van der Waals surface area (Å²) in [6.07, 6.45) is 1.69. The second-order valence-electron chi connectivity index (χ2n) is 10.9. The summed E-state index contributed by atoms with van der Waals surface area (Å²) in [6.45, 7) is 7.52. The molecule has 200 valence electrons. The topological polar surface area (TPSA) is 83.6 Å². The highest BCUT2D eigenvalue weighted by atomic mass is 31.2. The first-order valence-corrected chi connectivity index (χ1v) is 15.0. The van der Waals surface area contributed by atoms with E-state index >= 15 is 0 Å². The molecule has 3 aromatic carbocycles. The summed E-state index contributed by atoms with van der Waals surface area (Å²) in [5.41, 5.74) is 3.57. The molecule has 2 aliphatic heterocycles. The van der Waals surface area contributed by atoms with Crippen molar-refractivity contribution >= 4 is 35.3 Å². The number of benzene rings is 3. The number of nitro benzene ring substituents is 1. The van der Waals surface area contributed by atoms with Gasteiger partial charge in [0, 0.05) is 30.2 Å². The minimum absolute atomic E-state index is 0.000991. The summed E-state index contributed by atoms with van der Waals surface area (Å²) >= 11 is 0. The van der Waals surface area contributed by atoms with Crippen molar-refractivity contribution < 1.29 is 9.66 Å². The fourth-order valence-electron chi connectivity index (χ4n) is 5.78. The first-order chi connectivity index (χ1) is 18.9. The van der Waals surface area contributed by atoms with Crippen molar-refractivity contribution in [2.45, 2.75) is 26.7 Å². The van der Waals surface area contributed by atoms with Crippen LogP contribution in [0.2, 0.25) is 0 Å². The molecule has 6 rings (SSSR count). The fraction of sp³-hybridized carbons (Fsp3) is 0.300. The van der Waals surface area contributed by atoms with Crippen molar-refractivity contribution in [1.82, 2.24) is 4.90 Å².